The first-order valence-corrected chi connectivity index (χ1v) is 16.1. The summed E-state index contributed by atoms with van der Waals surface area (Å²) in [5.41, 5.74) is 5.73. The van der Waals surface area contributed by atoms with E-state index >= 15 is 0 Å². The molecule has 45 heavy (non-hydrogen) atoms. The van der Waals surface area contributed by atoms with Gasteiger partial charge in [0.15, 0.2) is 5.82 Å². The summed E-state index contributed by atoms with van der Waals surface area (Å²) in [4.78, 5) is 32.8. The Hall–Kier alpha value is -4.49. The summed E-state index contributed by atoms with van der Waals surface area (Å²) in [7, 11) is 0. The van der Waals surface area contributed by atoms with Crippen LogP contribution in [0.5, 0.6) is 0 Å². The zero-order valence-electron chi connectivity index (χ0n) is 23.6. The Balaban J connectivity index is 1.10. The molecular formula is C32H25F3N6O2S2. The van der Waals surface area contributed by atoms with Crippen LogP contribution in [0.4, 0.5) is 24.7 Å². The summed E-state index contributed by atoms with van der Waals surface area (Å²) < 4.78 is 40.7. The third-order valence-corrected chi connectivity index (χ3v) is 10.2. The Morgan fingerprint density at radius 3 is 2.27 bits per heavy atom. The maximum absolute atomic E-state index is 13.0. The van der Waals surface area contributed by atoms with Gasteiger partial charge in [0.25, 0.3) is 0 Å². The van der Waals surface area contributed by atoms with Crippen LogP contribution in [0.3, 0.4) is 0 Å². The fourth-order valence-electron chi connectivity index (χ4n) is 6.00. The van der Waals surface area contributed by atoms with E-state index in [1.807, 2.05) is 29.6 Å². The summed E-state index contributed by atoms with van der Waals surface area (Å²) in [6.07, 6.45) is 3.75. The third kappa shape index (κ3) is 5.85. The number of aliphatic carboxylic acids is 1. The lowest BCUT2D eigenvalue weighted by atomic mass is 9.78. The van der Waals surface area contributed by atoms with Crippen LogP contribution >= 0.6 is 22.7 Å². The topological polar surface area (TPSA) is 114 Å². The number of pyridine rings is 1. The Bertz CT molecular complexity index is 2000. The number of rotatable bonds is 7. The van der Waals surface area contributed by atoms with Crippen LogP contribution in [-0.2, 0) is 11.0 Å². The van der Waals surface area contributed by atoms with Gasteiger partial charge in [0.1, 0.15) is 18.3 Å². The van der Waals surface area contributed by atoms with Gasteiger partial charge < -0.3 is 10.4 Å². The molecule has 0 atom stereocenters. The SMILES string of the molecule is O=C(O)CC1CCC(c2csc3c(-c4ccc(Nc5ncnc6c(-c7ccc(C(F)(F)F)nc7)csc56)cc4)ncnc23)CC1. The van der Waals surface area contributed by atoms with Crippen LogP contribution in [0.25, 0.3) is 42.8 Å². The molecule has 5 heterocycles. The molecule has 7 rings (SSSR count). The zero-order valence-corrected chi connectivity index (χ0v) is 25.2. The molecule has 13 heteroatoms. The maximum Gasteiger partial charge on any atom is 0.433 e. The van der Waals surface area contributed by atoms with Crippen LogP contribution in [0.1, 0.15) is 49.3 Å². The van der Waals surface area contributed by atoms with E-state index in [9.17, 15) is 18.0 Å². The Labute approximate surface area is 263 Å². The number of fused-ring (bicyclic) bond motifs is 2. The monoisotopic (exact) mass is 646 g/mol. The number of nitrogens with one attached hydrogen (secondary N) is 1. The molecule has 1 aliphatic carbocycles. The van der Waals surface area contributed by atoms with Crippen molar-refractivity contribution in [2.24, 2.45) is 5.92 Å². The molecule has 1 aliphatic rings. The second kappa shape index (κ2) is 11.8. The van der Waals surface area contributed by atoms with E-state index in [0.29, 0.717) is 28.4 Å². The molecule has 0 aliphatic heterocycles. The molecule has 0 bridgehead atoms. The minimum atomic E-state index is -4.50. The van der Waals surface area contributed by atoms with Gasteiger partial charge in [0.05, 0.1) is 26.1 Å². The van der Waals surface area contributed by atoms with E-state index in [-0.39, 0.29) is 12.3 Å². The first-order chi connectivity index (χ1) is 21.7. The van der Waals surface area contributed by atoms with Gasteiger partial charge >= 0.3 is 12.1 Å². The molecule has 0 spiro atoms. The minimum Gasteiger partial charge on any atom is -0.481 e. The zero-order chi connectivity index (χ0) is 31.1. The van der Waals surface area contributed by atoms with Crippen molar-refractivity contribution in [2.45, 2.75) is 44.2 Å². The number of aromatic nitrogens is 5. The van der Waals surface area contributed by atoms with Crippen LogP contribution in [0, 0.1) is 5.92 Å². The lowest BCUT2D eigenvalue weighted by Gasteiger charge is -2.27. The molecule has 1 aromatic carbocycles. The molecule has 5 aromatic heterocycles. The van der Waals surface area contributed by atoms with Crippen molar-refractivity contribution in [3.05, 3.63) is 77.3 Å². The van der Waals surface area contributed by atoms with Crippen LogP contribution < -0.4 is 5.32 Å². The van der Waals surface area contributed by atoms with Gasteiger partial charge in [-0.1, -0.05) is 18.2 Å². The highest BCUT2D eigenvalue weighted by atomic mass is 32.1. The first-order valence-electron chi connectivity index (χ1n) is 14.3. The summed E-state index contributed by atoms with van der Waals surface area (Å²) >= 11 is 3.04. The van der Waals surface area contributed by atoms with Crippen molar-refractivity contribution in [1.82, 2.24) is 24.9 Å². The van der Waals surface area contributed by atoms with E-state index in [1.165, 1.54) is 35.5 Å². The number of nitrogens with zero attached hydrogens (tertiary/aromatic N) is 5. The van der Waals surface area contributed by atoms with Crippen molar-refractivity contribution in [3.8, 4) is 22.4 Å². The molecule has 0 amide bonds. The molecule has 1 fully saturated rings. The quantitative estimate of drug-likeness (QED) is 0.177. The predicted octanol–water partition coefficient (Wildman–Crippen LogP) is 8.94. The molecule has 1 saturated carbocycles. The van der Waals surface area contributed by atoms with E-state index in [1.54, 1.807) is 17.7 Å². The van der Waals surface area contributed by atoms with Crippen molar-refractivity contribution >= 4 is 60.6 Å². The number of hydrogen-bond acceptors (Lipinski definition) is 9. The summed E-state index contributed by atoms with van der Waals surface area (Å²) in [6, 6.07) is 10.3. The highest BCUT2D eigenvalue weighted by molar-refractivity contribution is 7.18. The fourth-order valence-corrected chi connectivity index (χ4v) is 8.09. The van der Waals surface area contributed by atoms with Gasteiger partial charge in [-0.2, -0.15) is 13.2 Å². The minimum absolute atomic E-state index is 0.241. The van der Waals surface area contributed by atoms with Gasteiger partial charge in [-0.05, 0) is 66.7 Å². The second-order valence-electron chi connectivity index (χ2n) is 11.1. The predicted molar refractivity (Wildman–Crippen MR) is 169 cm³/mol. The van der Waals surface area contributed by atoms with Gasteiger partial charge in [0, 0.05) is 40.4 Å². The van der Waals surface area contributed by atoms with Gasteiger partial charge in [-0.15, -0.1) is 22.7 Å². The van der Waals surface area contributed by atoms with Crippen molar-refractivity contribution in [3.63, 3.8) is 0 Å². The maximum atomic E-state index is 13.0. The highest BCUT2D eigenvalue weighted by Gasteiger charge is 2.32. The average Bonchev–Trinajstić information content (AvgIpc) is 3.67. The summed E-state index contributed by atoms with van der Waals surface area (Å²) in [5.74, 6) is 0.487. The Morgan fingerprint density at radius 2 is 1.56 bits per heavy atom. The molecule has 8 nitrogen and oxygen atoms in total. The largest absolute Gasteiger partial charge is 0.481 e. The number of carbonyl (C=O) groups is 1. The van der Waals surface area contributed by atoms with E-state index < -0.39 is 17.8 Å². The van der Waals surface area contributed by atoms with E-state index in [2.05, 4.69) is 35.6 Å². The molecule has 6 aromatic rings. The van der Waals surface area contributed by atoms with Gasteiger partial charge in [-0.25, -0.2) is 19.9 Å². The van der Waals surface area contributed by atoms with Crippen LogP contribution in [-0.4, -0.2) is 36.0 Å². The van der Waals surface area contributed by atoms with Crippen LogP contribution in [0.2, 0.25) is 0 Å². The number of carboxylic acid groups (broad SMARTS) is 1. The molecule has 0 radical (unpaired) electrons. The molecule has 2 N–H and O–H groups in total. The number of thiophene rings is 2. The molecule has 0 unspecified atom stereocenters. The van der Waals surface area contributed by atoms with Crippen molar-refractivity contribution < 1.29 is 23.1 Å². The standard InChI is InChI=1S/C32H25F3N6O2S2/c33-32(34,35)24-10-7-20(12-36-24)23-14-45-30-28(23)39-16-40-31(30)41-21-8-5-19(6-9-21)26-29-27(38-15-37-26)22(13-44-29)18-3-1-17(2-4-18)11-25(42)43/h5-10,12-18H,1-4,11H2,(H,42,43)(H,39,40,41). The number of anilines is 2. The normalized spacial score (nSPS) is 17.1. The number of alkyl halides is 3. The summed E-state index contributed by atoms with van der Waals surface area (Å²) in [6.45, 7) is 0. The van der Waals surface area contributed by atoms with Crippen molar-refractivity contribution in [1.29, 1.82) is 0 Å². The van der Waals surface area contributed by atoms with E-state index in [4.69, 9.17) is 5.11 Å². The third-order valence-electron chi connectivity index (χ3n) is 8.27. The average molecular weight is 647 g/mol. The van der Waals surface area contributed by atoms with Crippen LogP contribution in [0.15, 0.2) is 66.0 Å². The lowest BCUT2D eigenvalue weighted by molar-refractivity contribution is -0.141. The number of benzene rings is 1. The second-order valence-corrected chi connectivity index (χ2v) is 12.8. The molecule has 0 saturated heterocycles. The highest BCUT2D eigenvalue weighted by Crippen LogP contribution is 2.43. The van der Waals surface area contributed by atoms with E-state index in [0.717, 1.165) is 63.6 Å². The lowest BCUT2D eigenvalue weighted by Crippen LogP contribution is -2.16. The first kappa shape index (κ1) is 29.2. The molecular weight excluding hydrogens is 622 g/mol. The Morgan fingerprint density at radius 1 is 0.844 bits per heavy atom. The smallest absolute Gasteiger partial charge is 0.433 e. The number of carboxylic acids is 1. The number of halogens is 3. The molecule has 228 valence electrons. The fraction of sp³-hybridized carbons (Fsp3) is 0.250. The van der Waals surface area contributed by atoms with Gasteiger partial charge in [-0.3, -0.25) is 9.78 Å². The number of hydrogen-bond donors (Lipinski definition) is 2. The van der Waals surface area contributed by atoms with Crippen molar-refractivity contribution in [2.75, 3.05) is 5.32 Å². The van der Waals surface area contributed by atoms with Gasteiger partial charge in [0.2, 0.25) is 0 Å². The summed E-state index contributed by atoms with van der Waals surface area (Å²) in [5, 5.41) is 16.5. The Kier molecular flexibility index (Phi) is 7.66.